The van der Waals surface area contributed by atoms with Gasteiger partial charge in [0.1, 0.15) is 0 Å². The molecule has 0 bridgehead atoms. The van der Waals surface area contributed by atoms with Gasteiger partial charge in [0.05, 0.1) is 28.0 Å². The molecule has 0 aliphatic carbocycles. The number of benzene rings is 2. The molecule has 4 aromatic rings. The van der Waals surface area contributed by atoms with E-state index in [9.17, 15) is 9.59 Å². The number of Topliss-reactive ketones (excluding diaryl/α,β-unsaturated/α-hetero) is 1. The molecule has 174 valence electrons. The number of ketones is 1. The second-order valence-electron chi connectivity index (χ2n) is 8.46. The van der Waals surface area contributed by atoms with Crippen LogP contribution in [0.25, 0.3) is 11.0 Å². The molecule has 2 aromatic carbocycles. The molecule has 0 fully saturated rings. The van der Waals surface area contributed by atoms with Gasteiger partial charge in [-0.25, -0.2) is 4.98 Å². The Morgan fingerprint density at radius 2 is 1.85 bits per heavy atom. The third-order valence-corrected chi connectivity index (χ3v) is 6.39. The van der Waals surface area contributed by atoms with Crippen molar-refractivity contribution in [3.63, 3.8) is 0 Å². The monoisotopic (exact) mass is 473 g/mol. The number of nitrogens with one attached hydrogen (secondary N) is 1. The van der Waals surface area contributed by atoms with Crippen molar-refractivity contribution in [1.29, 1.82) is 0 Å². The average Bonchev–Trinajstić information content (AvgIpc) is 3.18. The van der Waals surface area contributed by atoms with Crippen LogP contribution in [0.5, 0.6) is 0 Å². The van der Waals surface area contributed by atoms with E-state index in [2.05, 4.69) is 24.6 Å². The first-order chi connectivity index (χ1) is 16.4. The summed E-state index contributed by atoms with van der Waals surface area (Å²) in [6.07, 6.45) is 3.48. The summed E-state index contributed by atoms with van der Waals surface area (Å²) in [5, 5.41) is 2.94. The zero-order chi connectivity index (χ0) is 24.1. The highest BCUT2D eigenvalue weighted by molar-refractivity contribution is 7.06. The van der Waals surface area contributed by atoms with Gasteiger partial charge in [0.15, 0.2) is 5.78 Å². The van der Waals surface area contributed by atoms with Crippen molar-refractivity contribution in [2.24, 2.45) is 0 Å². The standard InChI is InChI=1S/C26H27N5O2S/c1-17-25(24(34-30-17)15-20-16-27-21-10-4-5-11-22(21)28-20)26(33)29-19-9-6-8-18(14-19)23(32)12-7-13-31(2)3/h4-6,8-11,14,16H,7,12-13,15H2,1-3H3,(H,29,33). The minimum atomic E-state index is -0.243. The molecule has 4 rings (SSSR count). The molecule has 0 radical (unpaired) electrons. The van der Waals surface area contributed by atoms with Crippen LogP contribution >= 0.6 is 11.5 Å². The molecule has 1 N–H and O–H groups in total. The van der Waals surface area contributed by atoms with Crippen LogP contribution < -0.4 is 5.32 Å². The first-order valence-corrected chi connectivity index (χ1v) is 11.9. The molecule has 0 saturated carbocycles. The van der Waals surface area contributed by atoms with Crippen LogP contribution in [0.4, 0.5) is 5.69 Å². The number of carbonyl (C=O) groups excluding carboxylic acids is 2. The summed E-state index contributed by atoms with van der Waals surface area (Å²) in [4.78, 5) is 37.8. The maximum Gasteiger partial charge on any atom is 0.258 e. The second-order valence-corrected chi connectivity index (χ2v) is 9.32. The summed E-state index contributed by atoms with van der Waals surface area (Å²) in [6.45, 7) is 2.68. The molecule has 0 atom stereocenters. The normalized spacial score (nSPS) is 11.2. The molecule has 0 spiro atoms. The van der Waals surface area contributed by atoms with Gasteiger partial charge in [0.2, 0.25) is 0 Å². The molecule has 0 aliphatic rings. The molecular formula is C26H27N5O2S. The van der Waals surface area contributed by atoms with Crippen LogP contribution in [0.1, 0.15) is 49.8 Å². The summed E-state index contributed by atoms with van der Waals surface area (Å²) < 4.78 is 4.41. The first-order valence-electron chi connectivity index (χ1n) is 11.2. The van der Waals surface area contributed by atoms with Gasteiger partial charge in [-0.2, -0.15) is 4.37 Å². The Morgan fingerprint density at radius 1 is 1.06 bits per heavy atom. The second kappa shape index (κ2) is 10.6. The highest BCUT2D eigenvalue weighted by Crippen LogP contribution is 2.24. The van der Waals surface area contributed by atoms with E-state index in [1.165, 1.54) is 11.5 Å². The lowest BCUT2D eigenvalue weighted by molar-refractivity contribution is 0.0975. The number of aryl methyl sites for hydroxylation is 1. The average molecular weight is 474 g/mol. The Bertz CT molecular complexity index is 1330. The quantitative estimate of drug-likeness (QED) is 0.353. The molecule has 2 aromatic heterocycles. The van der Waals surface area contributed by atoms with Gasteiger partial charge in [0, 0.05) is 35.2 Å². The fraction of sp³-hybridized carbons (Fsp3) is 0.269. The minimum absolute atomic E-state index is 0.0712. The van der Waals surface area contributed by atoms with E-state index < -0.39 is 0 Å². The number of aromatic nitrogens is 3. The topological polar surface area (TPSA) is 88.1 Å². The van der Waals surface area contributed by atoms with Gasteiger partial charge < -0.3 is 10.2 Å². The summed E-state index contributed by atoms with van der Waals surface area (Å²) in [5.41, 5.74) is 4.83. The van der Waals surface area contributed by atoms with Gasteiger partial charge in [-0.15, -0.1) is 0 Å². The third-order valence-electron chi connectivity index (χ3n) is 5.45. The predicted molar refractivity (Wildman–Crippen MR) is 136 cm³/mol. The van der Waals surface area contributed by atoms with E-state index >= 15 is 0 Å². The molecule has 0 aliphatic heterocycles. The number of fused-ring (bicyclic) bond motifs is 1. The molecule has 34 heavy (non-hydrogen) atoms. The molecule has 0 saturated heterocycles. The summed E-state index contributed by atoms with van der Waals surface area (Å²) in [7, 11) is 3.98. The van der Waals surface area contributed by atoms with Crippen molar-refractivity contribution in [1.82, 2.24) is 19.2 Å². The first kappa shape index (κ1) is 23.7. The van der Waals surface area contributed by atoms with Gasteiger partial charge in [-0.3, -0.25) is 14.6 Å². The minimum Gasteiger partial charge on any atom is -0.322 e. The van der Waals surface area contributed by atoms with Crippen LogP contribution in [0, 0.1) is 6.92 Å². The third kappa shape index (κ3) is 5.70. The fourth-order valence-corrected chi connectivity index (χ4v) is 4.62. The molecular weight excluding hydrogens is 446 g/mol. The Kier molecular flexibility index (Phi) is 7.40. The highest BCUT2D eigenvalue weighted by atomic mass is 32.1. The summed E-state index contributed by atoms with van der Waals surface area (Å²) in [6, 6.07) is 14.8. The molecule has 2 heterocycles. The largest absolute Gasteiger partial charge is 0.322 e. The van der Waals surface area contributed by atoms with Crippen molar-refractivity contribution in [2.75, 3.05) is 26.0 Å². The number of amides is 1. The summed E-state index contributed by atoms with van der Waals surface area (Å²) >= 11 is 1.30. The highest BCUT2D eigenvalue weighted by Gasteiger charge is 2.20. The van der Waals surface area contributed by atoms with Gasteiger partial charge in [-0.05, 0) is 69.8 Å². The Morgan fingerprint density at radius 3 is 2.65 bits per heavy atom. The van der Waals surface area contributed by atoms with Crippen molar-refractivity contribution < 1.29 is 9.59 Å². The maximum absolute atomic E-state index is 13.2. The predicted octanol–water partition coefficient (Wildman–Crippen LogP) is 4.76. The van der Waals surface area contributed by atoms with E-state index in [0.717, 1.165) is 34.6 Å². The van der Waals surface area contributed by atoms with Crippen molar-refractivity contribution in [3.8, 4) is 0 Å². The van der Waals surface area contributed by atoms with Crippen LogP contribution in [-0.4, -0.2) is 51.6 Å². The van der Waals surface area contributed by atoms with Crippen molar-refractivity contribution in [2.45, 2.75) is 26.2 Å². The number of hydrogen-bond donors (Lipinski definition) is 1. The zero-order valence-electron chi connectivity index (χ0n) is 19.5. The fourth-order valence-electron chi connectivity index (χ4n) is 3.74. The lowest BCUT2D eigenvalue weighted by Crippen LogP contribution is -2.15. The van der Waals surface area contributed by atoms with E-state index in [1.54, 1.807) is 30.5 Å². The van der Waals surface area contributed by atoms with Gasteiger partial charge >= 0.3 is 0 Å². The molecule has 0 unspecified atom stereocenters. The number of carbonyl (C=O) groups is 2. The molecule has 1 amide bonds. The number of para-hydroxylation sites is 2. The number of nitrogens with zero attached hydrogens (tertiary/aromatic N) is 4. The van der Waals surface area contributed by atoms with Crippen LogP contribution in [0.15, 0.2) is 54.7 Å². The number of anilines is 1. The van der Waals surface area contributed by atoms with Crippen LogP contribution in [0.3, 0.4) is 0 Å². The van der Waals surface area contributed by atoms with Crippen molar-refractivity contribution >= 4 is 39.9 Å². The van der Waals surface area contributed by atoms with E-state index in [-0.39, 0.29) is 11.7 Å². The molecule has 8 heteroatoms. The van der Waals surface area contributed by atoms with Gasteiger partial charge in [-0.1, -0.05) is 24.3 Å². The maximum atomic E-state index is 13.2. The van der Waals surface area contributed by atoms with E-state index in [4.69, 9.17) is 0 Å². The Hall–Kier alpha value is -3.49. The van der Waals surface area contributed by atoms with Crippen LogP contribution in [-0.2, 0) is 6.42 Å². The van der Waals surface area contributed by atoms with E-state index in [1.807, 2.05) is 45.3 Å². The lowest BCUT2D eigenvalue weighted by Gasteiger charge is -2.10. The number of hydrogen-bond acceptors (Lipinski definition) is 7. The Labute approximate surface area is 203 Å². The Balaban J connectivity index is 1.48. The van der Waals surface area contributed by atoms with Gasteiger partial charge in [0.25, 0.3) is 5.91 Å². The SMILES string of the molecule is Cc1nsc(Cc2cnc3ccccc3n2)c1C(=O)Nc1cccc(C(=O)CCCN(C)C)c1. The lowest BCUT2D eigenvalue weighted by atomic mass is 10.1. The smallest absolute Gasteiger partial charge is 0.258 e. The van der Waals surface area contributed by atoms with E-state index in [0.29, 0.717) is 35.3 Å². The summed E-state index contributed by atoms with van der Waals surface area (Å²) in [5.74, 6) is -0.172. The van der Waals surface area contributed by atoms with Crippen molar-refractivity contribution in [3.05, 3.63) is 82.1 Å². The zero-order valence-corrected chi connectivity index (χ0v) is 20.4. The molecule has 7 nitrogen and oxygen atoms in total. The number of rotatable bonds is 9. The van der Waals surface area contributed by atoms with Crippen LogP contribution in [0.2, 0.25) is 0 Å².